The maximum atomic E-state index is 13.5. The molecule has 1 aliphatic heterocycles. The summed E-state index contributed by atoms with van der Waals surface area (Å²) in [7, 11) is 0. The van der Waals surface area contributed by atoms with E-state index in [1.165, 1.54) is 44.3 Å². The number of nitrogens with one attached hydrogen (secondary N) is 2. The minimum atomic E-state index is -1.28. The molecule has 0 radical (unpaired) electrons. The Balaban J connectivity index is 1.41. The Morgan fingerprint density at radius 3 is 2.62 bits per heavy atom. The van der Waals surface area contributed by atoms with Crippen LogP contribution in [0.25, 0.3) is 0 Å². The summed E-state index contributed by atoms with van der Waals surface area (Å²) in [5, 5.41) is 20.0. The number of alkyl halides is 2. The molecule has 9 heteroatoms. The van der Waals surface area contributed by atoms with Gasteiger partial charge in [-0.2, -0.15) is 0 Å². The van der Waals surface area contributed by atoms with Crippen LogP contribution in [0, 0.1) is 15.3 Å². The van der Waals surface area contributed by atoms with Crippen molar-refractivity contribution in [2.24, 2.45) is 11.7 Å². The van der Waals surface area contributed by atoms with Crippen molar-refractivity contribution >= 4 is 37.1 Å². The molecule has 1 aromatic heterocycles. The van der Waals surface area contributed by atoms with Crippen molar-refractivity contribution in [1.29, 1.82) is 0 Å². The fraction of sp³-hybridized carbons (Fsp3) is 0.467. The molecule has 5 N–H and O–H groups in total. The molecule has 1 amide bonds. The van der Waals surface area contributed by atoms with Gasteiger partial charge in [-0.25, -0.2) is 4.39 Å². The Hall–Kier alpha value is -2.08. The number of carbonyl (C=O) groups excluding carboxylic acids is 1. The van der Waals surface area contributed by atoms with Gasteiger partial charge in [-0.05, 0) is 17.7 Å². The van der Waals surface area contributed by atoms with Crippen molar-refractivity contribution in [1.82, 2.24) is 15.6 Å². The average Bonchev–Trinajstić information content (AvgIpc) is 3.43. The summed E-state index contributed by atoms with van der Waals surface area (Å²) in [6.07, 6.45) is 5.42. The Labute approximate surface area is 242 Å². The molecule has 0 aliphatic carbocycles. The molecule has 4 rings (SSSR count). The number of nitrogens with zero attached hydrogens (tertiary/aromatic N) is 1. The zero-order valence-corrected chi connectivity index (χ0v) is 25.8. The van der Waals surface area contributed by atoms with Crippen LogP contribution < -0.4 is 16.4 Å². The van der Waals surface area contributed by atoms with E-state index in [-0.39, 0.29) is 29.7 Å². The number of hydrogen-bond donors (Lipinski definition) is 4. The first kappa shape index (κ1) is 29.9. The number of halogens is 2. The third-order valence-electron chi connectivity index (χ3n) is 6.95. The second-order valence-electron chi connectivity index (χ2n) is 10.6. The molecule has 0 spiro atoms. The van der Waals surface area contributed by atoms with Gasteiger partial charge in [0.25, 0.3) is 0 Å². The predicted octanol–water partition coefficient (Wildman–Crippen LogP) is 5.43. The van der Waals surface area contributed by atoms with Crippen LogP contribution in [-0.4, -0.2) is 43.0 Å². The van der Waals surface area contributed by atoms with Crippen molar-refractivity contribution in [3.8, 4) is 5.75 Å². The number of phenolic OH excluding ortho intramolecular Hbond substituents is 1. The van der Waals surface area contributed by atoms with E-state index in [0.717, 1.165) is 20.1 Å². The number of aromatic hydroxyl groups is 1. The molecular formula is C30H40FIN4O2S. The van der Waals surface area contributed by atoms with Crippen LogP contribution in [0.1, 0.15) is 55.8 Å². The molecule has 2 aromatic carbocycles. The molecule has 0 bridgehead atoms. The van der Waals surface area contributed by atoms with Gasteiger partial charge in [0, 0.05) is 0 Å². The zero-order valence-electron chi connectivity index (χ0n) is 22.9. The van der Waals surface area contributed by atoms with Crippen molar-refractivity contribution in [3.63, 3.8) is 0 Å². The molecule has 212 valence electrons. The fourth-order valence-electron chi connectivity index (χ4n) is 4.80. The van der Waals surface area contributed by atoms with E-state index in [0.29, 0.717) is 25.1 Å². The number of rotatable bonds is 14. The molecule has 6 nitrogen and oxygen atoms in total. The molecule has 1 unspecified atom stereocenters. The maximum absolute atomic E-state index is 13.5. The van der Waals surface area contributed by atoms with E-state index in [1.54, 1.807) is 18.3 Å². The number of nitrogens with two attached hydrogens (primary N) is 1. The van der Waals surface area contributed by atoms with Crippen LogP contribution in [0.3, 0.4) is 0 Å². The second kappa shape index (κ2) is 14.0. The molecule has 4 atom stereocenters. The van der Waals surface area contributed by atoms with Gasteiger partial charge in [-0.15, -0.1) is 0 Å². The summed E-state index contributed by atoms with van der Waals surface area (Å²) < 4.78 is 16.5. The Kier molecular flexibility index (Phi) is 10.7. The van der Waals surface area contributed by atoms with Gasteiger partial charge >= 0.3 is 203 Å². The number of amides is 1. The van der Waals surface area contributed by atoms with Crippen molar-refractivity contribution < 1.29 is 14.3 Å². The van der Waals surface area contributed by atoms with Crippen LogP contribution >= 0.6 is 31.2 Å². The summed E-state index contributed by atoms with van der Waals surface area (Å²) in [5.74, 6) is 0.130. The van der Waals surface area contributed by atoms with E-state index in [9.17, 15) is 14.3 Å². The van der Waals surface area contributed by atoms with Gasteiger partial charge < -0.3 is 0 Å². The number of carbonyl (C=O) groups is 1. The van der Waals surface area contributed by atoms with E-state index in [1.807, 2.05) is 31.4 Å². The number of phenols is 1. The normalized spacial score (nSPS) is 18.1. The van der Waals surface area contributed by atoms with Gasteiger partial charge in [0.2, 0.25) is 0 Å². The molecule has 3 aromatic rings. The zero-order chi connectivity index (χ0) is 27.9. The molecule has 0 saturated carbocycles. The van der Waals surface area contributed by atoms with Gasteiger partial charge in [0.15, 0.2) is 0 Å². The summed E-state index contributed by atoms with van der Waals surface area (Å²) in [6, 6.07) is 11.4. The van der Waals surface area contributed by atoms with Gasteiger partial charge in [-0.3, -0.25) is 0 Å². The average molecular weight is 667 g/mol. The number of aromatic nitrogens is 1. The third-order valence-corrected chi connectivity index (χ3v) is 14.3. The summed E-state index contributed by atoms with van der Waals surface area (Å²) in [5.41, 5.74) is 8.42. The molecule has 39 heavy (non-hydrogen) atoms. The van der Waals surface area contributed by atoms with E-state index < -0.39 is 25.9 Å². The van der Waals surface area contributed by atoms with Crippen molar-refractivity contribution in [2.45, 2.75) is 68.5 Å². The van der Waals surface area contributed by atoms with Crippen molar-refractivity contribution in [2.75, 3.05) is 11.0 Å². The quantitative estimate of drug-likeness (QED) is 0.136. The number of hydrogen-bond acceptors (Lipinski definition) is 6. The summed E-state index contributed by atoms with van der Waals surface area (Å²) in [6.45, 7) is 6.72. The number of benzene rings is 2. The monoisotopic (exact) mass is 666 g/mol. The number of thiazole rings is 1. The van der Waals surface area contributed by atoms with Gasteiger partial charge in [-0.1, -0.05) is 12.1 Å². The minimum absolute atomic E-state index is 0.0531. The van der Waals surface area contributed by atoms with Crippen LogP contribution in [-0.2, 0) is 17.6 Å². The first-order chi connectivity index (χ1) is 18.7. The first-order valence-electron chi connectivity index (χ1n) is 13.6. The Morgan fingerprint density at radius 2 is 1.95 bits per heavy atom. The second-order valence-corrected chi connectivity index (χ2v) is 17.6. The molecule has 1 saturated heterocycles. The predicted molar refractivity (Wildman–Crippen MR) is 166 cm³/mol. The molecule has 1 fully saturated rings. The summed E-state index contributed by atoms with van der Waals surface area (Å²) >= 11 is 0.258. The first-order valence-corrected chi connectivity index (χ1v) is 18.4. The van der Waals surface area contributed by atoms with Gasteiger partial charge in [0.1, 0.15) is 5.82 Å². The van der Waals surface area contributed by atoms with E-state index in [2.05, 4.69) is 28.6 Å². The topological polar surface area (TPSA) is 100 Å². The van der Waals surface area contributed by atoms with E-state index >= 15 is 0 Å². The Bertz CT molecular complexity index is 1210. The van der Waals surface area contributed by atoms with Crippen LogP contribution in [0.15, 0.2) is 54.0 Å². The van der Waals surface area contributed by atoms with Gasteiger partial charge in [0.05, 0.1) is 0 Å². The Morgan fingerprint density at radius 1 is 1.21 bits per heavy atom. The van der Waals surface area contributed by atoms with Crippen LogP contribution in [0.4, 0.5) is 4.39 Å². The molecule has 2 heterocycles. The molecular weight excluding hydrogens is 626 g/mol. The standard InChI is InChI=1S/C30H40FIN4O2S/c1-4-5-23-17-32(23)25-15-21(8-11-27(25)37)16-26(30-34-12-13-39-30)36-29(38)28(19(2)3)35-18-24(33)14-20-6-9-22(31)10-7-20/h6-13,15,19,23-24,26,28,35,37H,4-5,14,16-18,33H2,1-3H3,(H,36,38)/t23?,24-,26-,28-/m0/s1. The molecule has 1 aliphatic rings. The fourth-order valence-corrected chi connectivity index (χ4v) is 12.4. The summed E-state index contributed by atoms with van der Waals surface area (Å²) in [4.78, 5) is 18.0. The van der Waals surface area contributed by atoms with Crippen LogP contribution in [0.5, 0.6) is 5.75 Å². The van der Waals surface area contributed by atoms with E-state index in [4.69, 9.17) is 5.73 Å². The van der Waals surface area contributed by atoms with Crippen LogP contribution in [0.2, 0.25) is 0 Å². The SMILES string of the molecule is CCCC1CI1c1cc(C[C@H](NC(=O)[C@@H](NC[C@@H](N)Cc2ccc(F)cc2)C(C)C)c2nccs2)ccc1O. The van der Waals surface area contributed by atoms with Crippen molar-refractivity contribution in [3.05, 3.63) is 79.6 Å². The third kappa shape index (κ3) is 8.45.